The number of aromatic nitrogens is 2. The molecule has 0 saturated heterocycles. The zero-order valence-corrected chi connectivity index (χ0v) is 8.83. The van der Waals surface area contributed by atoms with E-state index in [9.17, 15) is 8.78 Å². The molecule has 1 heterocycles. The Bertz CT molecular complexity index is 472. The van der Waals surface area contributed by atoms with Crippen molar-refractivity contribution in [3.05, 3.63) is 33.7 Å². The van der Waals surface area contributed by atoms with Crippen LogP contribution in [0.5, 0.6) is 0 Å². The molecule has 0 saturated carbocycles. The Morgan fingerprint density at radius 3 is 2.71 bits per heavy atom. The van der Waals surface area contributed by atoms with E-state index in [0.29, 0.717) is 3.83 Å². The van der Waals surface area contributed by atoms with Crippen molar-refractivity contribution in [2.24, 2.45) is 0 Å². The van der Waals surface area contributed by atoms with Crippen molar-refractivity contribution in [1.29, 1.82) is 0 Å². The number of halogens is 3. The largest absolute Gasteiger partial charge is 0.333 e. The summed E-state index contributed by atoms with van der Waals surface area (Å²) in [6, 6.07) is 3.78. The third-order valence-electron chi connectivity index (χ3n) is 1.58. The molecular formula is C8H3F2IN2O. The van der Waals surface area contributed by atoms with Crippen molar-refractivity contribution in [2.75, 3.05) is 0 Å². The SMILES string of the molecule is Fc1cccc(-c2nc(I)no2)c1F. The van der Waals surface area contributed by atoms with Crippen molar-refractivity contribution in [3.63, 3.8) is 0 Å². The first-order valence-electron chi connectivity index (χ1n) is 3.62. The van der Waals surface area contributed by atoms with Crippen molar-refractivity contribution in [1.82, 2.24) is 10.1 Å². The van der Waals surface area contributed by atoms with Crippen LogP contribution in [-0.2, 0) is 0 Å². The van der Waals surface area contributed by atoms with Crippen molar-refractivity contribution in [3.8, 4) is 11.5 Å². The van der Waals surface area contributed by atoms with E-state index in [2.05, 4.69) is 10.1 Å². The van der Waals surface area contributed by atoms with E-state index >= 15 is 0 Å². The summed E-state index contributed by atoms with van der Waals surface area (Å²) in [5.41, 5.74) is -0.0274. The van der Waals surface area contributed by atoms with E-state index in [1.807, 2.05) is 22.6 Å². The molecule has 0 unspecified atom stereocenters. The summed E-state index contributed by atoms with van der Waals surface area (Å²) < 4.78 is 31.1. The number of hydrogen-bond donors (Lipinski definition) is 0. The molecule has 0 aliphatic heterocycles. The zero-order chi connectivity index (χ0) is 10.1. The van der Waals surface area contributed by atoms with Crippen LogP contribution in [0.3, 0.4) is 0 Å². The third-order valence-corrected chi connectivity index (χ3v) is 2.02. The van der Waals surface area contributed by atoms with Crippen molar-refractivity contribution >= 4 is 22.6 Å². The lowest BCUT2D eigenvalue weighted by molar-refractivity contribution is 0.421. The fraction of sp³-hybridized carbons (Fsp3) is 0. The number of nitrogens with zero attached hydrogens (tertiary/aromatic N) is 2. The fourth-order valence-corrected chi connectivity index (χ4v) is 1.30. The lowest BCUT2D eigenvalue weighted by atomic mass is 10.2. The third kappa shape index (κ3) is 1.61. The predicted octanol–water partition coefficient (Wildman–Crippen LogP) is 2.62. The van der Waals surface area contributed by atoms with E-state index in [1.165, 1.54) is 12.1 Å². The summed E-state index contributed by atoms with van der Waals surface area (Å²) in [6.07, 6.45) is 0. The van der Waals surface area contributed by atoms with Crippen LogP contribution in [0.2, 0.25) is 0 Å². The number of benzene rings is 1. The van der Waals surface area contributed by atoms with Gasteiger partial charge in [0, 0.05) is 22.6 Å². The second kappa shape index (κ2) is 3.60. The van der Waals surface area contributed by atoms with Gasteiger partial charge < -0.3 is 4.52 Å². The highest BCUT2D eigenvalue weighted by Crippen LogP contribution is 2.22. The first-order chi connectivity index (χ1) is 6.68. The summed E-state index contributed by atoms with van der Waals surface area (Å²) >= 11 is 1.82. The molecule has 2 aromatic rings. The molecule has 0 aliphatic carbocycles. The maximum absolute atomic E-state index is 13.2. The minimum Gasteiger partial charge on any atom is -0.333 e. The van der Waals surface area contributed by atoms with Gasteiger partial charge in [-0.25, -0.2) is 8.78 Å². The number of rotatable bonds is 1. The van der Waals surface area contributed by atoms with Crippen molar-refractivity contribution < 1.29 is 13.3 Å². The maximum atomic E-state index is 13.2. The molecule has 1 aromatic carbocycles. The van der Waals surface area contributed by atoms with Crippen LogP contribution in [-0.4, -0.2) is 10.1 Å². The van der Waals surface area contributed by atoms with Gasteiger partial charge >= 0.3 is 0 Å². The van der Waals surface area contributed by atoms with Gasteiger partial charge in [-0.2, -0.15) is 4.98 Å². The summed E-state index contributed by atoms with van der Waals surface area (Å²) in [7, 11) is 0. The molecule has 6 heteroatoms. The van der Waals surface area contributed by atoms with Crippen LogP contribution in [0.15, 0.2) is 22.7 Å². The van der Waals surface area contributed by atoms with Crippen molar-refractivity contribution in [2.45, 2.75) is 0 Å². The monoisotopic (exact) mass is 308 g/mol. The van der Waals surface area contributed by atoms with Gasteiger partial charge in [0.15, 0.2) is 11.6 Å². The van der Waals surface area contributed by atoms with Gasteiger partial charge in [0.05, 0.1) is 5.56 Å². The molecule has 0 atom stereocenters. The van der Waals surface area contributed by atoms with Gasteiger partial charge in [-0.1, -0.05) is 11.2 Å². The van der Waals surface area contributed by atoms with E-state index in [0.717, 1.165) is 6.07 Å². The van der Waals surface area contributed by atoms with Gasteiger partial charge in [-0.05, 0) is 12.1 Å². The van der Waals surface area contributed by atoms with Crippen LogP contribution < -0.4 is 0 Å². The van der Waals surface area contributed by atoms with Crippen LogP contribution in [0.1, 0.15) is 0 Å². The fourth-order valence-electron chi connectivity index (χ4n) is 0.984. The molecular weight excluding hydrogens is 305 g/mol. The van der Waals surface area contributed by atoms with E-state index < -0.39 is 11.6 Å². The summed E-state index contributed by atoms with van der Waals surface area (Å²) in [5, 5.41) is 3.48. The average molecular weight is 308 g/mol. The highest BCUT2D eigenvalue weighted by molar-refractivity contribution is 14.1. The molecule has 2 rings (SSSR count). The summed E-state index contributed by atoms with van der Waals surface area (Å²) in [5.74, 6) is -1.94. The Morgan fingerprint density at radius 2 is 2.07 bits per heavy atom. The van der Waals surface area contributed by atoms with Gasteiger partial charge in [0.25, 0.3) is 5.89 Å². The van der Waals surface area contributed by atoms with E-state index in [-0.39, 0.29) is 11.5 Å². The first kappa shape index (κ1) is 9.50. The molecule has 0 fully saturated rings. The van der Waals surface area contributed by atoms with Gasteiger partial charge in [-0.15, -0.1) is 0 Å². The van der Waals surface area contributed by atoms with Gasteiger partial charge in [0.2, 0.25) is 3.83 Å². The maximum Gasteiger partial charge on any atom is 0.261 e. The lowest BCUT2D eigenvalue weighted by Gasteiger charge is -1.96. The highest BCUT2D eigenvalue weighted by atomic mass is 127. The van der Waals surface area contributed by atoms with Gasteiger partial charge in [0.1, 0.15) is 0 Å². The molecule has 0 bridgehead atoms. The van der Waals surface area contributed by atoms with Gasteiger partial charge in [-0.3, -0.25) is 0 Å². The second-order valence-electron chi connectivity index (χ2n) is 2.47. The minimum absolute atomic E-state index is 0.0219. The molecule has 0 aliphatic rings. The topological polar surface area (TPSA) is 38.9 Å². The standard InChI is InChI=1S/C8H3F2IN2O/c9-5-3-1-2-4(6(5)10)7-12-8(11)13-14-7/h1-3H. The van der Waals surface area contributed by atoms with E-state index in [4.69, 9.17) is 4.52 Å². The highest BCUT2D eigenvalue weighted by Gasteiger charge is 2.14. The molecule has 1 aromatic heterocycles. The zero-order valence-electron chi connectivity index (χ0n) is 6.67. The normalized spacial score (nSPS) is 10.5. The molecule has 0 amide bonds. The molecule has 14 heavy (non-hydrogen) atoms. The molecule has 72 valence electrons. The predicted molar refractivity (Wildman–Crippen MR) is 52.4 cm³/mol. The number of hydrogen-bond acceptors (Lipinski definition) is 3. The Morgan fingerprint density at radius 1 is 1.29 bits per heavy atom. The van der Waals surface area contributed by atoms with Crippen LogP contribution >= 0.6 is 22.6 Å². The Labute approximate surface area is 91.3 Å². The quantitative estimate of drug-likeness (QED) is 0.760. The first-order valence-corrected chi connectivity index (χ1v) is 4.70. The minimum atomic E-state index is -0.979. The Hall–Kier alpha value is -1.05. The summed E-state index contributed by atoms with van der Waals surface area (Å²) in [4.78, 5) is 3.79. The smallest absolute Gasteiger partial charge is 0.261 e. The van der Waals surface area contributed by atoms with Crippen LogP contribution in [0.25, 0.3) is 11.5 Å². The second-order valence-corrected chi connectivity index (χ2v) is 3.43. The Kier molecular flexibility index (Phi) is 2.44. The van der Waals surface area contributed by atoms with E-state index in [1.54, 1.807) is 0 Å². The molecule has 0 spiro atoms. The van der Waals surface area contributed by atoms with Crippen LogP contribution in [0.4, 0.5) is 8.78 Å². The van der Waals surface area contributed by atoms with Crippen LogP contribution in [0, 0.1) is 15.5 Å². The molecule has 0 radical (unpaired) electrons. The summed E-state index contributed by atoms with van der Waals surface area (Å²) in [6.45, 7) is 0. The molecule has 0 N–H and O–H groups in total. The molecule has 3 nitrogen and oxygen atoms in total. The lowest BCUT2D eigenvalue weighted by Crippen LogP contribution is -1.88. The Balaban J connectivity index is 2.57. The average Bonchev–Trinajstić information content (AvgIpc) is 2.57.